The molecule has 33 heavy (non-hydrogen) atoms. The Morgan fingerprint density at radius 3 is 2.36 bits per heavy atom. The molecule has 4 rings (SSSR count). The van der Waals surface area contributed by atoms with Gasteiger partial charge >= 0.3 is 12.1 Å². The second kappa shape index (κ2) is 10.1. The Balaban J connectivity index is 1.62. The lowest BCUT2D eigenvalue weighted by molar-refractivity contribution is 0.0526. The third kappa shape index (κ3) is 5.11. The molecule has 3 aromatic rings. The third-order valence-corrected chi connectivity index (χ3v) is 5.17. The van der Waals surface area contributed by atoms with E-state index in [9.17, 15) is 9.59 Å². The highest BCUT2D eigenvalue weighted by molar-refractivity contribution is 5.90. The summed E-state index contributed by atoms with van der Waals surface area (Å²) < 4.78 is 10.2. The highest BCUT2D eigenvalue weighted by atomic mass is 16.6. The van der Waals surface area contributed by atoms with E-state index < -0.39 is 5.97 Å². The average Bonchev–Trinajstić information content (AvgIpc) is 2.84. The predicted molar refractivity (Wildman–Crippen MR) is 124 cm³/mol. The number of piperazine rings is 1. The molecule has 0 atom stereocenters. The summed E-state index contributed by atoms with van der Waals surface area (Å²) >= 11 is 0. The summed E-state index contributed by atoms with van der Waals surface area (Å²) in [5.74, 6) is 1.21. The number of pyridine rings is 1. The summed E-state index contributed by atoms with van der Waals surface area (Å²) in [6, 6.07) is 10.8. The number of hydrogen-bond donors (Lipinski definition) is 1. The lowest BCUT2D eigenvalue weighted by Crippen LogP contribution is -2.49. The zero-order valence-corrected chi connectivity index (χ0v) is 18.7. The molecule has 0 spiro atoms. The largest absolute Gasteiger partial charge is 0.462 e. The van der Waals surface area contributed by atoms with E-state index in [0.29, 0.717) is 62.4 Å². The molecule has 1 saturated heterocycles. The van der Waals surface area contributed by atoms with Crippen molar-refractivity contribution in [3.05, 3.63) is 48.2 Å². The first kappa shape index (κ1) is 22.3. The molecule has 1 fully saturated rings. The number of esters is 1. The first-order valence-electron chi connectivity index (χ1n) is 10.9. The molecule has 10 heteroatoms. The maximum atomic E-state index is 12.1. The van der Waals surface area contributed by atoms with E-state index in [4.69, 9.17) is 19.4 Å². The standard InChI is InChI=1S/C23H26N6O4/c1-3-32-22(30)16-9-10-24-19(15-16)27-20-21(26-18-8-6-5-7-17(18)25-20)28-11-13-29(14-12-28)23(31)33-4-2/h5-10,15H,3-4,11-14H2,1-2H3,(H,24,25,27). The maximum Gasteiger partial charge on any atom is 0.409 e. The minimum absolute atomic E-state index is 0.294. The van der Waals surface area contributed by atoms with Gasteiger partial charge in [-0.25, -0.2) is 24.5 Å². The van der Waals surface area contributed by atoms with Crippen LogP contribution in [0.4, 0.5) is 22.2 Å². The second-order valence-corrected chi connectivity index (χ2v) is 7.33. The smallest absolute Gasteiger partial charge is 0.409 e. The van der Waals surface area contributed by atoms with Crippen molar-refractivity contribution in [1.82, 2.24) is 19.9 Å². The molecule has 1 aliphatic rings. The molecule has 0 unspecified atom stereocenters. The number of para-hydroxylation sites is 2. The lowest BCUT2D eigenvalue weighted by atomic mass is 10.2. The summed E-state index contributed by atoms with van der Waals surface area (Å²) in [4.78, 5) is 41.9. The molecule has 1 aliphatic heterocycles. The molecule has 1 aromatic carbocycles. The zero-order valence-electron chi connectivity index (χ0n) is 18.7. The van der Waals surface area contributed by atoms with Gasteiger partial charge in [-0.05, 0) is 38.1 Å². The van der Waals surface area contributed by atoms with Crippen molar-refractivity contribution < 1.29 is 19.1 Å². The van der Waals surface area contributed by atoms with Crippen LogP contribution >= 0.6 is 0 Å². The fourth-order valence-electron chi connectivity index (χ4n) is 3.57. The summed E-state index contributed by atoms with van der Waals surface area (Å²) in [5, 5.41) is 3.21. The Kier molecular flexibility index (Phi) is 6.82. The number of rotatable bonds is 6. The summed E-state index contributed by atoms with van der Waals surface area (Å²) in [6.07, 6.45) is 1.24. The molecule has 0 aliphatic carbocycles. The Labute approximate surface area is 191 Å². The van der Waals surface area contributed by atoms with Gasteiger partial charge in [-0.3, -0.25) is 0 Å². The van der Waals surface area contributed by atoms with E-state index in [0.717, 1.165) is 11.0 Å². The van der Waals surface area contributed by atoms with Crippen molar-refractivity contribution >= 4 is 40.5 Å². The molecule has 10 nitrogen and oxygen atoms in total. The lowest BCUT2D eigenvalue weighted by Gasteiger charge is -2.35. The van der Waals surface area contributed by atoms with Gasteiger partial charge < -0.3 is 24.6 Å². The SMILES string of the molecule is CCOC(=O)c1ccnc(Nc2nc3ccccc3nc2N2CCN(C(=O)OCC)CC2)c1. The van der Waals surface area contributed by atoms with E-state index in [-0.39, 0.29) is 6.09 Å². The van der Waals surface area contributed by atoms with Gasteiger partial charge in [-0.1, -0.05) is 12.1 Å². The van der Waals surface area contributed by atoms with Crippen LogP contribution in [-0.4, -0.2) is 71.3 Å². The number of fused-ring (bicyclic) bond motifs is 1. The van der Waals surface area contributed by atoms with E-state index >= 15 is 0 Å². The molecule has 0 saturated carbocycles. The van der Waals surface area contributed by atoms with Gasteiger partial charge in [0.1, 0.15) is 5.82 Å². The summed E-state index contributed by atoms with van der Waals surface area (Å²) in [7, 11) is 0. The van der Waals surface area contributed by atoms with Crippen molar-refractivity contribution in [2.75, 3.05) is 49.6 Å². The van der Waals surface area contributed by atoms with E-state index in [1.54, 1.807) is 37.1 Å². The van der Waals surface area contributed by atoms with Crippen molar-refractivity contribution in [3.63, 3.8) is 0 Å². The maximum absolute atomic E-state index is 12.1. The van der Waals surface area contributed by atoms with E-state index in [1.807, 2.05) is 24.3 Å². The number of amides is 1. The molecule has 172 valence electrons. The van der Waals surface area contributed by atoms with Gasteiger partial charge in [0, 0.05) is 32.4 Å². The summed E-state index contributed by atoms with van der Waals surface area (Å²) in [5.41, 5.74) is 1.89. The van der Waals surface area contributed by atoms with Crippen molar-refractivity contribution in [2.24, 2.45) is 0 Å². The zero-order chi connectivity index (χ0) is 23.2. The molecular formula is C23H26N6O4. The average molecular weight is 450 g/mol. The number of carbonyl (C=O) groups is 2. The van der Waals surface area contributed by atoms with Crippen LogP contribution in [0.25, 0.3) is 11.0 Å². The number of nitrogens with zero attached hydrogens (tertiary/aromatic N) is 5. The molecule has 2 aromatic heterocycles. The van der Waals surface area contributed by atoms with Gasteiger partial charge in [-0.15, -0.1) is 0 Å². The van der Waals surface area contributed by atoms with Crippen LogP contribution in [0.1, 0.15) is 24.2 Å². The Bertz CT molecular complexity index is 1150. The number of nitrogens with one attached hydrogen (secondary N) is 1. The molecular weight excluding hydrogens is 424 g/mol. The second-order valence-electron chi connectivity index (χ2n) is 7.33. The quantitative estimate of drug-likeness (QED) is 0.566. The van der Waals surface area contributed by atoms with Gasteiger partial charge in [-0.2, -0.15) is 0 Å². The topological polar surface area (TPSA) is 110 Å². The van der Waals surface area contributed by atoms with Crippen LogP contribution in [0.15, 0.2) is 42.6 Å². The van der Waals surface area contributed by atoms with Crippen LogP contribution in [0.2, 0.25) is 0 Å². The Morgan fingerprint density at radius 2 is 1.67 bits per heavy atom. The van der Waals surface area contributed by atoms with Gasteiger partial charge in [0.25, 0.3) is 0 Å². The first-order chi connectivity index (χ1) is 16.1. The normalized spacial score (nSPS) is 13.6. The number of ether oxygens (including phenoxy) is 2. The van der Waals surface area contributed by atoms with Gasteiger partial charge in [0.15, 0.2) is 11.6 Å². The number of carbonyl (C=O) groups excluding carboxylic acids is 2. The van der Waals surface area contributed by atoms with Gasteiger partial charge in [0.05, 0.1) is 29.8 Å². The fourth-order valence-corrected chi connectivity index (χ4v) is 3.57. The minimum Gasteiger partial charge on any atom is -0.462 e. The van der Waals surface area contributed by atoms with Crippen LogP contribution in [0.3, 0.4) is 0 Å². The molecule has 0 radical (unpaired) electrons. The number of benzene rings is 1. The van der Waals surface area contributed by atoms with Crippen LogP contribution in [-0.2, 0) is 9.47 Å². The number of hydrogen-bond acceptors (Lipinski definition) is 9. The van der Waals surface area contributed by atoms with E-state index in [1.165, 1.54) is 0 Å². The minimum atomic E-state index is -0.414. The first-order valence-corrected chi connectivity index (χ1v) is 10.9. The molecule has 1 N–H and O–H groups in total. The van der Waals surface area contributed by atoms with E-state index in [2.05, 4.69) is 15.2 Å². The van der Waals surface area contributed by atoms with Crippen LogP contribution in [0, 0.1) is 0 Å². The molecule has 3 heterocycles. The summed E-state index contributed by atoms with van der Waals surface area (Å²) in [6.45, 7) is 6.39. The third-order valence-electron chi connectivity index (χ3n) is 5.17. The van der Waals surface area contributed by atoms with Crippen molar-refractivity contribution in [3.8, 4) is 0 Å². The number of anilines is 3. The Morgan fingerprint density at radius 1 is 0.970 bits per heavy atom. The van der Waals surface area contributed by atoms with Crippen molar-refractivity contribution in [1.29, 1.82) is 0 Å². The van der Waals surface area contributed by atoms with Crippen LogP contribution < -0.4 is 10.2 Å². The monoisotopic (exact) mass is 450 g/mol. The Hall–Kier alpha value is -3.95. The molecule has 1 amide bonds. The number of aromatic nitrogens is 3. The highest BCUT2D eigenvalue weighted by Gasteiger charge is 2.25. The van der Waals surface area contributed by atoms with Gasteiger partial charge in [0.2, 0.25) is 0 Å². The van der Waals surface area contributed by atoms with Crippen molar-refractivity contribution in [2.45, 2.75) is 13.8 Å². The predicted octanol–water partition coefficient (Wildman–Crippen LogP) is 3.22. The fraction of sp³-hybridized carbons (Fsp3) is 0.348. The highest BCUT2D eigenvalue weighted by Crippen LogP contribution is 2.28. The van der Waals surface area contributed by atoms with Crippen LogP contribution in [0.5, 0.6) is 0 Å². The molecule has 0 bridgehead atoms.